The monoisotopic (exact) mass is 496 g/mol. The van der Waals surface area contributed by atoms with Crippen LogP contribution in [0.15, 0.2) is 87.0 Å². The Hall–Kier alpha value is -3.38. The van der Waals surface area contributed by atoms with E-state index in [0.717, 1.165) is 23.2 Å². The fraction of sp³-hybridized carbons (Fsp3) is 0. The Morgan fingerprint density at radius 1 is 0.912 bits per heavy atom. The zero-order chi connectivity index (χ0) is 24.6. The predicted octanol–water partition coefficient (Wildman–Crippen LogP) is 6.26. The molecule has 3 aromatic rings. The van der Waals surface area contributed by atoms with Crippen LogP contribution in [0.1, 0.15) is 22.3 Å². The summed E-state index contributed by atoms with van der Waals surface area (Å²) in [4.78, 5) is 8.36. The van der Waals surface area contributed by atoms with Crippen molar-refractivity contribution in [1.29, 1.82) is 0 Å². The number of nitrogens with zero attached hydrogens (tertiary/aromatic N) is 2. The largest absolute Gasteiger partial charge is 0.295 e. The minimum atomic E-state index is -4.53. The molecule has 0 aliphatic heterocycles. The van der Waals surface area contributed by atoms with E-state index in [1.165, 1.54) is 18.2 Å². The first-order valence-electron chi connectivity index (χ1n) is 9.66. The van der Waals surface area contributed by atoms with Crippen molar-refractivity contribution in [1.82, 2.24) is 0 Å². The van der Waals surface area contributed by atoms with Gasteiger partial charge in [0, 0.05) is 11.1 Å². The van der Waals surface area contributed by atoms with E-state index in [4.69, 9.17) is 5.26 Å². The highest BCUT2D eigenvalue weighted by molar-refractivity contribution is 7.94. The third-order valence-electron chi connectivity index (χ3n) is 4.59. The van der Waals surface area contributed by atoms with E-state index in [9.17, 15) is 13.0 Å². The lowest BCUT2D eigenvalue weighted by Crippen LogP contribution is -2.00. The van der Waals surface area contributed by atoms with Gasteiger partial charge in [-0.2, -0.15) is 8.42 Å². The zero-order valence-electron chi connectivity index (χ0n) is 17.7. The molecule has 34 heavy (non-hydrogen) atoms. The summed E-state index contributed by atoms with van der Waals surface area (Å²) < 4.78 is 38.3. The quantitative estimate of drug-likeness (QED) is 0.0849. The van der Waals surface area contributed by atoms with Crippen molar-refractivity contribution in [3.63, 3.8) is 0 Å². The first-order valence-corrected chi connectivity index (χ1v) is 11.8. The maximum Gasteiger partial charge on any atom is 0.295 e. The van der Waals surface area contributed by atoms with Crippen molar-refractivity contribution in [2.75, 3.05) is 0 Å². The molecule has 3 rings (SSSR count). The molecule has 0 amide bonds. The van der Waals surface area contributed by atoms with Crippen molar-refractivity contribution < 1.29 is 27.6 Å². The first kappa shape index (κ1) is 25.2. The second-order valence-corrected chi connectivity index (χ2v) is 8.90. The second-order valence-electron chi connectivity index (χ2n) is 6.77. The van der Waals surface area contributed by atoms with Crippen LogP contribution >= 0.6 is 12.0 Å². The van der Waals surface area contributed by atoms with Crippen LogP contribution in [0.2, 0.25) is 0 Å². The maximum atomic E-state index is 12.0. The highest BCUT2D eigenvalue weighted by Crippen LogP contribution is 2.31. The van der Waals surface area contributed by atoms with Gasteiger partial charge in [-0.25, -0.2) is 5.26 Å². The molecule has 174 valence electrons. The number of hydrogen-bond acceptors (Lipinski definition) is 8. The second kappa shape index (κ2) is 11.7. The Kier molecular flexibility index (Phi) is 8.66. The van der Waals surface area contributed by atoms with E-state index in [0.29, 0.717) is 21.8 Å². The summed E-state index contributed by atoms with van der Waals surface area (Å²) in [5.41, 5.74) is 3.55. The molecule has 0 unspecified atom stereocenters. The van der Waals surface area contributed by atoms with E-state index >= 15 is 0 Å². The SMILES string of the molecule is C=Cc1ccc(/C=N/c2ccc(/C=C/c3ccc(N=C)cc3SOOO)c(S(=O)(=O)O)c2)cc1. The highest BCUT2D eigenvalue weighted by Gasteiger charge is 2.15. The van der Waals surface area contributed by atoms with Crippen LogP contribution in [-0.2, 0) is 19.5 Å². The molecule has 0 saturated heterocycles. The molecule has 0 aliphatic rings. The summed E-state index contributed by atoms with van der Waals surface area (Å²) in [6, 6.07) is 17.0. The molecule has 0 aliphatic carbocycles. The molecule has 0 atom stereocenters. The summed E-state index contributed by atoms with van der Waals surface area (Å²) in [5.74, 6) is 0. The third kappa shape index (κ3) is 6.81. The fourth-order valence-corrected chi connectivity index (χ4v) is 4.10. The minimum absolute atomic E-state index is 0.248. The first-order chi connectivity index (χ1) is 16.3. The van der Waals surface area contributed by atoms with Crippen LogP contribution in [0.3, 0.4) is 0 Å². The van der Waals surface area contributed by atoms with Crippen molar-refractivity contribution in [2.24, 2.45) is 9.98 Å². The van der Waals surface area contributed by atoms with Crippen molar-refractivity contribution in [3.8, 4) is 0 Å². The lowest BCUT2D eigenvalue weighted by atomic mass is 10.1. The normalized spacial score (nSPS) is 11.8. The standard InChI is InChI=1S/C24H20N2O6S2/c1-3-17-4-6-18(7-5-17)16-26-22-13-11-20(24(15-22)34(28,29)30)9-8-19-10-12-21(25-2)14-23(19)33-32-31-27/h3-16,27H,1-2H2,(H,28,29,30)/b9-8+,26-16+. The van der Waals surface area contributed by atoms with Gasteiger partial charge in [0.05, 0.1) is 23.4 Å². The summed E-state index contributed by atoms with van der Waals surface area (Å²) >= 11 is 0.727. The minimum Gasteiger partial charge on any atom is -0.282 e. The van der Waals surface area contributed by atoms with Crippen molar-refractivity contribution in [2.45, 2.75) is 9.79 Å². The van der Waals surface area contributed by atoms with E-state index in [1.54, 1.807) is 42.6 Å². The predicted molar refractivity (Wildman–Crippen MR) is 135 cm³/mol. The van der Waals surface area contributed by atoms with Crippen molar-refractivity contribution in [3.05, 3.63) is 89.5 Å². The molecule has 2 N–H and O–H groups in total. The van der Waals surface area contributed by atoms with E-state index in [2.05, 4.69) is 32.7 Å². The third-order valence-corrected chi connectivity index (χ3v) is 6.16. The summed E-state index contributed by atoms with van der Waals surface area (Å²) in [7, 11) is -4.53. The maximum absolute atomic E-state index is 12.0. The smallest absolute Gasteiger partial charge is 0.282 e. The average molecular weight is 497 g/mol. The van der Waals surface area contributed by atoms with Gasteiger partial charge >= 0.3 is 0 Å². The zero-order valence-corrected chi connectivity index (χ0v) is 19.4. The summed E-state index contributed by atoms with van der Waals surface area (Å²) in [6.07, 6.45) is 6.45. The van der Waals surface area contributed by atoms with Gasteiger partial charge in [0.1, 0.15) is 4.90 Å². The molecule has 0 bridgehead atoms. The number of benzene rings is 3. The van der Waals surface area contributed by atoms with Crippen LogP contribution in [-0.4, -0.2) is 31.2 Å². The average Bonchev–Trinajstić information content (AvgIpc) is 2.85. The lowest BCUT2D eigenvalue weighted by molar-refractivity contribution is -0.432. The van der Waals surface area contributed by atoms with Crippen LogP contribution in [0, 0.1) is 0 Å². The molecular formula is C24H20N2O6S2. The van der Waals surface area contributed by atoms with Crippen LogP contribution in [0.4, 0.5) is 11.4 Å². The van der Waals surface area contributed by atoms with Crippen LogP contribution in [0.5, 0.6) is 0 Å². The number of hydrogen-bond donors (Lipinski definition) is 2. The molecule has 0 aromatic heterocycles. The number of aliphatic imine (C=N–C) groups is 2. The van der Waals surface area contributed by atoms with Gasteiger partial charge in [0.2, 0.25) is 0 Å². The van der Waals surface area contributed by atoms with Gasteiger partial charge in [0.25, 0.3) is 10.1 Å². The molecule has 0 spiro atoms. The molecule has 0 saturated carbocycles. The van der Waals surface area contributed by atoms with Gasteiger partial charge in [-0.3, -0.25) is 14.5 Å². The molecule has 3 aromatic carbocycles. The summed E-state index contributed by atoms with van der Waals surface area (Å²) in [5, 5.41) is 12.1. The molecule has 0 heterocycles. The Morgan fingerprint density at radius 2 is 1.56 bits per heavy atom. The van der Waals surface area contributed by atoms with Gasteiger partial charge in [-0.15, -0.1) is 4.33 Å². The van der Waals surface area contributed by atoms with E-state index in [1.807, 2.05) is 24.3 Å². The molecule has 0 fully saturated rings. The van der Waals surface area contributed by atoms with Gasteiger partial charge in [-0.1, -0.05) is 66.2 Å². The van der Waals surface area contributed by atoms with Crippen molar-refractivity contribution >= 4 is 64.7 Å². The fourth-order valence-electron chi connectivity index (χ4n) is 2.89. The lowest BCUT2D eigenvalue weighted by Gasteiger charge is -2.07. The Bertz CT molecular complexity index is 1350. The topological polar surface area (TPSA) is 118 Å². The van der Waals surface area contributed by atoms with Crippen LogP contribution < -0.4 is 0 Å². The van der Waals surface area contributed by atoms with Crippen LogP contribution in [0.25, 0.3) is 18.2 Å². The molecular weight excluding hydrogens is 476 g/mol. The molecule has 10 heteroatoms. The van der Waals surface area contributed by atoms with Gasteiger partial charge in [-0.05, 0) is 53.2 Å². The Labute approximate surface area is 201 Å². The number of rotatable bonds is 10. The Balaban J connectivity index is 1.93. The highest BCUT2D eigenvalue weighted by atomic mass is 32.2. The van der Waals surface area contributed by atoms with E-state index < -0.39 is 10.1 Å². The Morgan fingerprint density at radius 3 is 2.21 bits per heavy atom. The van der Waals surface area contributed by atoms with Gasteiger partial charge in [0.15, 0.2) is 0 Å². The summed E-state index contributed by atoms with van der Waals surface area (Å²) in [6.45, 7) is 7.16. The van der Waals surface area contributed by atoms with E-state index in [-0.39, 0.29) is 10.5 Å². The molecule has 8 nitrogen and oxygen atoms in total. The molecule has 0 radical (unpaired) electrons. The van der Waals surface area contributed by atoms with Gasteiger partial charge < -0.3 is 0 Å².